The minimum Gasteiger partial charge on any atom is -0.0537 e. The Balaban J connectivity index is 1.93. The van der Waals surface area contributed by atoms with Crippen molar-refractivity contribution < 1.29 is 0 Å². The third-order valence-electron chi connectivity index (χ3n) is 4.40. The lowest BCUT2D eigenvalue weighted by atomic mass is 9.97. The standard InChI is InChI=1S/C22H12/c1-2-6-16-10-20-14-22-12-18-8-4-3-7-17(18)11-21(22)13-19(20)9-15(16)5-1/h1,4-14H. The van der Waals surface area contributed by atoms with Gasteiger partial charge in [0.05, 0.1) is 0 Å². The smallest absolute Gasteiger partial charge is 0.0171 e. The summed E-state index contributed by atoms with van der Waals surface area (Å²) in [5.41, 5.74) is 0. The van der Waals surface area contributed by atoms with Crippen LogP contribution in [0.5, 0.6) is 0 Å². The second-order valence-corrected chi connectivity index (χ2v) is 5.80. The van der Waals surface area contributed by atoms with Gasteiger partial charge in [0.25, 0.3) is 0 Å². The van der Waals surface area contributed by atoms with Crippen molar-refractivity contribution in [3.63, 3.8) is 0 Å². The van der Waals surface area contributed by atoms with E-state index in [0.717, 1.165) is 0 Å². The average Bonchev–Trinajstić information content (AvgIpc) is 2.56. The molecule has 0 atom stereocenters. The van der Waals surface area contributed by atoms with Gasteiger partial charge in [-0.1, -0.05) is 24.3 Å². The molecule has 0 spiro atoms. The summed E-state index contributed by atoms with van der Waals surface area (Å²) in [7, 11) is 0. The molecule has 0 heteroatoms. The zero-order chi connectivity index (χ0) is 14.5. The maximum absolute atomic E-state index is 3.16. The second kappa shape index (κ2) is 4.32. The van der Waals surface area contributed by atoms with Crippen molar-refractivity contribution >= 4 is 43.1 Å². The summed E-state index contributed by atoms with van der Waals surface area (Å²) in [6, 6.07) is 32.2. The van der Waals surface area contributed by atoms with Crippen LogP contribution in [0.4, 0.5) is 0 Å². The molecule has 0 aliphatic heterocycles. The summed E-state index contributed by atoms with van der Waals surface area (Å²) in [6.45, 7) is 0. The molecule has 0 aliphatic carbocycles. The van der Waals surface area contributed by atoms with Gasteiger partial charge in [0, 0.05) is 0 Å². The zero-order valence-electron chi connectivity index (χ0n) is 11.9. The quantitative estimate of drug-likeness (QED) is 0.309. The summed E-state index contributed by atoms with van der Waals surface area (Å²) in [4.78, 5) is 0. The minimum atomic E-state index is 1.24. The fourth-order valence-electron chi connectivity index (χ4n) is 3.26. The van der Waals surface area contributed by atoms with Crippen molar-refractivity contribution in [2.45, 2.75) is 0 Å². The van der Waals surface area contributed by atoms with Gasteiger partial charge in [-0.15, -0.1) is 0 Å². The molecule has 0 unspecified atom stereocenters. The van der Waals surface area contributed by atoms with Crippen LogP contribution in [0.3, 0.4) is 0 Å². The van der Waals surface area contributed by atoms with E-state index in [9.17, 15) is 0 Å². The minimum absolute atomic E-state index is 1.24. The fourth-order valence-corrected chi connectivity index (χ4v) is 3.26. The van der Waals surface area contributed by atoms with Crippen molar-refractivity contribution in [3.05, 3.63) is 84.9 Å². The molecular formula is C22H12. The number of fused-ring (bicyclic) bond motifs is 4. The largest absolute Gasteiger partial charge is 0.0537 e. The predicted octanol–water partition coefficient (Wildman–Crippen LogP) is 5.90. The van der Waals surface area contributed by atoms with Gasteiger partial charge in [-0.2, -0.15) is 0 Å². The Hall–Kier alpha value is -2.86. The van der Waals surface area contributed by atoms with Gasteiger partial charge >= 0.3 is 0 Å². The summed E-state index contributed by atoms with van der Waals surface area (Å²) in [5, 5.41) is 10.1. The molecule has 0 nitrogen and oxygen atoms in total. The highest BCUT2D eigenvalue weighted by Crippen LogP contribution is 2.29. The van der Waals surface area contributed by atoms with E-state index >= 15 is 0 Å². The van der Waals surface area contributed by atoms with Crippen LogP contribution in [0.1, 0.15) is 0 Å². The first kappa shape index (κ1) is 11.8. The van der Waals surface area contributed by atoms with Gasteiger partial charge in [-0.05, 0) is 104 Å². The van der Waals surface area contributed by atoms with Crippen LogP contribution >= 0.6 is 0 Å². The van der Waals surface area contributed by atoms with Crippen molar-refractivity contribution in [3.8, 4) is 0 Å². The Morgan fingerprint density at radius 2 is 0.773 bits per heavy atom. The van der Waals surface area contributed by atoms with Gasteiger partial charge in [0.15, 0.2) is 0 Å². The molecule has 0 N–H and O–H groups in total. The van der Waals surface area contributed by atoms with E-state index in [2.05, 4.69) is 72.8 Å². The Morgan fingerprint density at radius 1 is 0.409 bits per heavy atom. The van der Waals surface area contributed by atoms with Crippen LogP contribution in [0.2, 0.25) is 0 Å². The first-order valence-electron chi connectivity index (χ1n) is 7.44. The predicted molar refractivity (Wildman–Crippen MR) is 94.1 cm³/mol. The number of hydrogen-bond donors (Lipinski definition) is 0. The summed E-state index contributed by atoms with van der Waals surface area (Å²) >= 11 is 0. The molecule has 5 aromatic carbocycles. The molecule has 0 bridgehead atoms. The number of rotatable bonds is 0. The Labute approximate surface area is 128 Å². The summed E-state index contributed by atoms with van der Waals surface area (Å²) in [5.74, 6) is 0. The fraction of sp³-hybridized carbons (Fsp3) is 0. The Morgan fingerprint density at radius 3 is 1.23 bits per heavy atom. The van der Waals surface area contributed by atoms with Crippen molar-refractivity contribution in [1.82, 2.24) is 0 Å². The van der Waals surface area contributed by atoms with Crippen LogP contribution in [0.15, 0.2) is 72.8 Å². The van der Waals surface area contributed by atoms with E-state index < -0.39 is 0 Å². The zero-order valence-corrected chi connectivity index (χ0v) is 11.9. The van der Waals surface area contributed by atoms with Gasteiger partial charge in [-0.3, -0.25) is 0 Å². The maximum atomic E-state index is 3.16. The molecule has 0 aromatic heterocycles. The topological polar surface area (TPSA) is 0 Å². The molecule has 22 heavy (non-hydrogen) atoms. The third-order valence-corrected chi connectivity index (χ3v) is 4.40. The molecule has 5 aromatic rings. The molecule has 5 rings (SSSR count). The lowest BCUT2D eigenvalue weighted by Gasteiger charge is -2.07. The van der Waals surface area contributed by atoms with Crippen LogP contribution in [0.25, 0.3) is 43.1 Å². The molecule has 0 aliphatic rings. The molecule has 0 amide bonds. The number of hydrogen-bond acceptors (Lipinski definition) is 0. The molecule has 2 radical (unpaired) electrons. The molecule has 0 heterocycles. The second-order valence-electron chi connectivity index (χ2n) is 5.80. The summed E-state index contributed by atoms with van der Waals surface area (Å²) < 4.78 is 0. The first-order valence-corrected chi connectivity index (χ1v) is 7.44. The van der Waals surface area contributed by atoms with Crippen LogP contribution < -0.4 is 0 Å². The van der Waals surface area contributed by atoms with Gasteiger partial charge in [0.2, 0.25) is 0 Å². The normalized spacial score (nSPS) is 11.6. The van der Waals surface area contributed by atoms with E-state index in [1.807, 2.05) is 12.1 Å². The molecule has 100 valence electrons. The van der Waals surface area contributed by atoms with E-state index in [0.29, 0.717) is 0 Å². The number of benzene rings is 5. The lowest BCUT2D eigenvalue weighted by Crippen LogP contribution is -1.80. The van der Waals surface area contributed by atoms with Crippen molar-refractivity contribution in [1.29, 1.82) is 0 Å². The van der Waals surface area contributed by atoms with E-state index in [1.165, 1.54) is 43.1 Å². The maximum Gasteiger partial charge on any atom is -0.0171 e. The van der Waals surface area contributed by atoms with Gasteiger partial charge in [-0.25, -0.2) is 0 Å². The highest BCUT2D eigenvalue weighted by Gasteiger charge is 2.02. The monoisotopic (exact) mass is 276 g/mol. The van der Waals surface area contributed by atoms with E-state index in [-0.39, 0.29) is 0 Å². The van der Waals surface area contributed by atoms with Gasteiger partial charge < -0.3 is 0 Å². The van der Waals surface area contributed by atoms with Crippen LogP contribution in [0, 0.1) is 12.1 Å². The van der Waals surface area contributed by atoms with E-state index in [1.54, 1.807) is 0 Å². The SMILES string of the molecule is [c]1ccc2cc3cc4cc5c[c]ccc5cc4cc3cc2c1. The first-order chi connectivity index (χ1) is 10.9. The lowest BCUT2D eigenvalue weighted by molar-refractivity contribution is 1.76. The molecule has 0 fully saturated rings. The molecular weight excluding hydrogens is 264 g/mol. The third kappa shape index (κ3) is 1.71. The van der Waals surface area contributed by atoms with Crippen LogP contribution in [-0.2, 0) is 0 Å². The van der Waals surface area contributed by atoms with Crippen molar-refractivity contribution in [2.24, 2.45) is 0 Å². The average molecular weight is 276 g/mol. The van der Waals surface area contributed by atoms with Crippen LogP contribution in [-0.4, -0.2) is 0 Å². The van der Waals surface area contributed by atoms with E-state index in [4.69, 9.17) is 0 Å². The van der Waals surface area contributed by atoms with Crippen molar-refractivity contribution in [2.75, 3.05) is 0 Å². The molecule has 0 saturated carbocycles. The summed E-state index contributed by atoms with van der Waals surface area (Å²) in [6.07, 6.45) is 0. The highest BCUT2D eigenvalue weighted by atomic mass is 14.1. The van der Waals surface area contributed by atoms with Gasteiger partial charge in [0.1, 0.15) is 0 Å². The Kier molecular flexibility index (Phi) is 2.31. The Bertz CT molecular complexity index is 982. The molecule has 0 saturated heterocycles. The highest BCUT2D eigenvalue weighted by molar-refractivity contribution is 6.07.